The van der Waals surface area contributed by atoms with Crippen LogP contribution in [-0.2, 0) is 248 Å². The van der Waals surface area contributed by atoms with Crippen molar-refractivity contribution < 1.29 is 454 Å². The second kappa shape index (κ2) is 1080. The van der Waals surface area contributed by atoms with Gasteiger partial charge in [-0.1, -0.05) is 0 Å². The summed E-state index contributed by atoms with van der Waals surface area (Å²) in [6.07, 6.45) is 0. The zero-order valence-corrected chi connectivity index (χ0v) is 58.4. The molecule has 0 atom stereocenters. The summed E-state index contributed by atoms with van der Waals surface area (Å²) in [5.74, 6) is 0. The van der Waals surface area contributed by atoms with Gasteiger partial charge in [-0.05, 0) is 0 Å². The summed E-state index contributed by atoms with van der Waals surface area (Å²) in [6.45, 7) is 0. The Morgan fingerprint density at radius 1 is 0.137 bits per heavy atom. The zero-order valence-electron chi connectivity index (χ0n) is 24.1. The van der Waals surface area contributed by atoms with Gasteiger partial charge in [-0.15, -0.1) is 0 Å². The van der Waals surface area contributed by atoms with Gasteiger partial charge in [0, 0.05) is 248 Å². The van der Waals surface area contributed by atoms with Crippen molar-refractivity contribution in [2.75, 3.05) is 0 Å². The predicted octanol–water partition coefficient (Wildman–Crippen LogP) is -30.7. The van der Waals surface area contributed by atoms with Gasteiger partial charge in [0.2, 0.25) is 0 Å². The van der Waals surface area contributed by atoms with Crippen molar-refractivity contribution in [1.29, 1.82) is 0 Å². The van der Waals surface area contributed by atoms with Crippen LogP contribution >= 0.6 is 0 Å². The van der Waals surface area contributed by atoms with Gasteiger partial charge in [-0.2, -0.15) is 0 Å². The molecular weight excluding hydrogens is 2720 g/mol. The van der Waals surface area contributed by atoms with E-state index in [-0.39, 0.29) is 435 Å². The molecule has 0 aliphatic rings. The molecule has 1 radical (unpaired) electrons. The van der Waals surface area contributed by atoms with Gasteiger partial charge >= 0.3 is 9.05 Å². The molecule has 0 aliphatic carbocycles. The first-order valence-corrected chi connectivity index (χ1v) is 2.68. The maximum Gasteiger partial charge on any atom is 0.668 e. The second-order valence-electron chi connectivity index (χ2n) is 0.600. The summed E-state index contributed by atoms with van der Waals surface area (Å²) in [4.78, 5) is 29.3. The second-order valence-corrected chi connectivity index (χ2v) is 1.80. The molecule has 0 unspecified atom stereocenters. The molecule has 0 aliphatic heterocycles. The molecule has 0 heterocycles. The number of rotatable bonds is 0. The van der Waals surface area contributed by atoms with E-state index in [2.05, 4.69) is 0 Å². The van der Waals surface area contributed by atoms with Crippen molar-refractivity contribution >= 4 is 9.05 Å². The molecule has 0 aromatic carbocycles. The third-order valence-electron chi connectivity index (χ3n) is 0. The van der Waals surface area contributed by atoms with Gasteiger partial charge in [0.25, 0.3) is 0 Å². The fourth-order valence-corrected chi connectivity index (χ4v) is 0. The fraction of sp³-hybridized carbons (Fsp3) is 0. The van der Waals surface area contributed by atoms with Crippen LogP contribution in [0.2, 0.25) is 0 Å². The van der Waals surface area contributed by atoms with Gasteiger partial charge in [0.15, 0.2) is 0 Å². The molecule has 0 bridgehead atoms. The van der Waals surface area contributed by atoms with E-state index in [0.717, 1.165) is 0 Å². The average Bonchev–Trinajstić information content (AvgIpc) is 0.722. The van der Waals surface area contributed by atoms with Gasteiger partial charge in [0.05, 0.1) is 0 Å². The van der Waals surface area contributed by atoms with Gasteiger partial charge in [-0.25, -0.2) is 0 Å². The Labute approximate surface area is 456 Å². The van der Waals surface area contributed by atoms with E-state index in [1.54, 1.807) is 0 Å². The normalized spacial score (nSPS) is 1.18. The summed E-state index contributed by atoms with van der Waals surface area (Å²) < 4.78 is 0. The van der Waals surface area contributed by atoms with Crippen molar-refractivity contribution in [3.05, 3.63) is 0 Å². The first-order valence-electron chi connectivity index (χ1n) is 0.894. The van der Waals surface area contributed by atoms with Crippen LogP contribution in [0.5, 0.6) is 0 Å². The van der Waals surface area contributed by atoms with Crippen molar-refractivity contribution in [2.45, 2.75) is 0 Å². The molecule has 0 spiro atoms. The molecule has 38 nitrogen and oxygen atoms in total. The van der Waals surface area contributed by atoms with E-state index in [0.29, 0.717) is 0 Å². The molecule has 0 fully saturated rings. The minimum Gasteiger partial charge on any atom is -0.412 e. The maximum absolute atomic E-state index is 7.33. The van der Waals surface area contributed by atoms with E-state index in [1.165, 1.54) is 0 Å². The van der Waals surface area contributed by atoms with E-state index in [4.69, 9.17) is 19.2 Å². The third kappa shape index (κ3) is 3710. The molecule has 72 N–H and O–H groups in total. The number of hydrogen-bond donors (Lipinski definition) is 4. The van der Waals surface area contributed by atoms with Crippen LogP contribution < -0.4 is 0 Å². The van der Waals surface area contributed by atoms with Crippen LogP contribution in [-0.4, -0.2) is 214 Å². The fourth-order valence-electron chi connectivity index (χ4n) is 0. The van der Waals surface area contributed by atoms with Gasteiger partial charge in [-0.3, -0.25) is 0 Å². The first kappa shape index (κ1) is 1600. The first-order chi connectivity index (χ1) is 2.00. The summed E-state index contributed by atoms with van der Waals surface area (Å²) >= 11 is 0. The Bertz CT molecular complexity index is 67.3. The molecular formula is H72CoO38SiW11. The van der Waals surface area contributed by atoms with Crippen LogP contribution in [0.25, 0.3) is 0 Å². The summed E-state index contributed by atoms with van der Waals surface area (Å²) in [5, 5.41) is 0. The molecule has 0 rings (SSSR count). The van der Waals surface area contributed by atoms with Gasteiger partial charge < -0.3 is 205 Å². The molecule has 51 heavy (non-hydrogen) atoms. The van der Waals surface area contributed by atoms with Crippen LogP contribution in [0.1, 0.15) is 0 Å². The zero-order chi connectivity index (χ0) is 4.50. The monoisotopic (exact) mass is 2790 g/mol. The minimum absolute atomic E-state index is 0. The minimum atomic E-state index is -4.61. The number of hydrogen-bond acceptors (Lipinski definition) is 4. The van der Waals surface area contributed by atoms with E-state index >= 15 is 0 Å². The van der Waals surface area contributed by atoms with Crippen molar-refractivity contribution in [3.8, 4) is 0 Å². The summed E-state index contributed by atoms with van der Waals surface area (Å²) in [6, 6.07) is 0. The molecule has 0 saturated carbocycles. The largest absolute Gasteiger partial charge is 0.668 e. The Kier molecular flexibility index (Phi) is 34000. The van der Waals surface area contributed by atoms with Crippen molar-refractivity contribution in [2.24, 2.45) is 0 Å². The Morgan fingerprint density at radius 2 is 0.137 bits per heavy atom. The molecule has 0 aromatic rings. The van der Waals surface area contributed by atoms with Crippen molar-refractivity contribution in [3.63, 3.8) is 0 Å². The predicted molar refractivity (Wildman–Crippen MR) is 137 cm³/mol. The SMILES string of the molecule is O.O.O.O.O.O.O.O.O.O.O.O.O.O.O.O.O.O.O.O.O.O.O.O.O.O.O.O.O.O.O.O.O.O.O[Si](O)(O)O.[Co].[W].[W].[W].[W].[W].[W].[W].[W].[W].[W].[W]. The molecule has 0 aromatic heterocycles. The smallest absolute Gasteiger partial charge is 0.412 e. The van der Waals surface area contributed by atoms with E-state index < -0.39 is 9.05 Å². The Hall–Kier alpha value is 6.77. The molecule has 379 valence electrons. The summed E-state index contributed by atoms with van der Waals surface area (Å²) in [5.41, 5.74) is 0. The maximum atomic E-state index is 7.33. The molecule has 0 amide bonds. The molecule has 51 heteroatoms. The van der Waals surface area contributed by atoms with Crippen LogP contribution in [0.4, 0.5) is 0 Å². The molecule has 0 saturated heterocycles. The van der Waals surface area contributed by atoms with E-state index in [9.17, 15) is 0 Å². The Morgan fingerprint density at radius 3 is 0.137 bits per heavy atom. The van der Waals surface area contributed by atoms with Crippen LogP contribution in [0, 0.1) is 0 Å². The van der Waals surface area contributed by atoms with Crippen molar-refractivity contribution in [1.82, 2.24) is 0 Å². The van der Waals surface area contributed by atoms with Crippen LogP contribution in [0.3, 0.4) is 0 Å². The third-order valence-corrected chi connectivity index (χ3v) is 0. The van der Waals surface area contributed by atoms with E-state index in [1.807, 2.05) is 0 Å². The Balaban J connectivity index is -0.0000000000773. The average molecular weight is 2790 g/mol. The topological polar surface area (TPSA) is 1150 Å². The van der Waals surface area contributed by atoms with Crippen LogP contribution in [0.15, 0.2) is 0 Å². The quantitative estimate of drug-likeness (QED) is 0.172. The summed E-state index contributed by atoms with van der Waals surface area (Å²) in [7, 11) is -4.61. The standard InChI is InChI=1S/Co.H4O4Si.34H2O.11W/c;1-5(2,3)4;;;;;;;;;;;;;;;;;;;;;;;;;;;;;;;;;;;;;;;;;;;;;/h;1-4H;34*1H2;;;;;;;;;;;. The van der Waals surface area contributed by atoms with Gasteiger partial charge in [0.1, 0.15) is 0 Å².